The first-order valence-corrected chi connectivity index (χ1v) is 17.3. The van der Waals surface area contributed by atoms with E-state index in [1.165, 1.54) is 134 Å². The van der Waals surface area contributed by atoms with Gasteiger partial charge in [-0.25, -0.2) is 9.59 Å². The van der Waals surface area contributed by atoms with E-state index in [4.69, 9.17) is 15.2 Å². The number of hydrogen-bond donors (Lipinski definition) is 1. The molecule has 1 rings (SSSR count). The van der Waals surface area contributed by atoms with E-state index >= 15 is 0 Å². The Labute approximate surface area is 252 Å². The Morgan fingerprint density at radius 3 is 1.02 bits per heavy atom. The van der Waals surface area contributed by atoms with Crippen LogP contribution in [0.1, 0.15) is 189 Å². The molecule has 5 heteroatoms. The van der Waals surface area contributed by atoms with Gasteiger partial charge in [-0.15, -0.1) is 0 Å². The molecule has 0 radical (unpaired) electrons. The van der Waals surface area contributed by atoms with Crippen LogP contribution in [0.2, 0.25) is 0 Å². The molecular weight excluding hydrogens is 510 g/mol. The Morgan fingerprint density at radius 1 is 0.463 bits per heavy atom. The average molecular weight is 574 g/mol. The minimum atomic E-state index is -0.435. The summed E-state index contributed by atoms with van der Waals surface area (Å²) in [4.78, 5) is 25.1. The first kappa shape index (κ1) is 37.0. The number of nitrogens with two attached hydrogens (primary N) is 1. The second-order valence-corrected chi connectivity index (χ2v) is 11.9. The highest BCUT2D eigenvalue weighted by Gasteiger charge is 2.14. The van der Waals surface area contributed by atoms with Gasteiger partial charge < -0.3 is 15.2 Å². The van der Waals surface area contributed by atoms with Crippen molar-refractivity contribution in [1.82, 2.24) is 0 Å². The van der Waals surface area contributed by atoms with Crippen LogP contribution in [0, 0.1) is 0 Å². The maximum Gasteiger partial charge on any atom is 0.338 e. The van der Waals surface area contributed by atoms with Gasteiger partial charge in [-0.1, -0.05) is 155 Å². The molecule has 5 nitrogen and oxygen atoms in total. The number of ether oxygens (including phenoxy) is 2. The van der Waals surface area contributed by atoms with E-state index in [-0.39, 0.29) is 0 Å². The molecular formula is C36H63NO4. The third kappa shape index (κ3) is 21.3. The molecule has 236 valence electrons. The summed E-state index contributed by atoms with van der Waals surface area (Å²) < 4.78 is 10.9. The number of hydrogen-bond acceptors (Lipinski definition) is 5. The first-order chi connectivity index (χ1) is 20.1. The van der Waals surface area contributed by atoms with Crippen molar-refractivity contribution in [3.63, 3.8) is 0 Å². The number of benzene rings is 1. The summed E-state index contributed by atoms with van der Waals surface area (Å²) in [5.74, 6) is -0.870. The molecule has 0 aliphatic rings. The SMILES string of the molecule is CCCCCCCCCCCCCCOC(=O)c1cc(N)cc(C(=O)OCCCCCCCCCCCCCC)c1. The first-order valence-electron chi connectivity index (χ1n) is 17.3. The van der Waals surface area contributed by atoms with Gasteiger partial charge in [0, 0.05) is 5.69 Å². The highest BCUT2D eigenvalue weighted by Crippen LogP contribution is 2.17. The van der Waals surface area contributed by atoms with Crippen LogP contribution in [0.5, 0.6) is 0 Å². The highest BCUT2D eigenvalue weighted by molar-refractivity contribution is 5.96. The molecule has 0 atom stereocenters. The Balaban J connectivity index is 2.11. The normalized spacial score (nSPS) is 11.1. The van der Waals surface area contributed by atoms with Crippen molar-refractivity contribution >= 4 is 17.6 Å². The van der Waals surface area contributed by atoms with Gasteiger partial charge in [-0.3, -0.25) is 0 Å². The molecule has 0 aromatic heterocycles. The topological polar surface area (TPSA) is 78.6 Å². The summed E-state index contributed by atoms with van der Waals surface area (Å²) in [6.45, 7) is 5.30. The van der Waals surface area contributed by atoms with Crippen molar-refractivity contribution in [2.45, 2.75) is 168 Å². The summed E-state index contributed by atoms with van der Waals surface area (Å²) in [5.41, 5.74) is 6.95. The van der Waals surface area contributed by atoms with Crippen molar-refractivity contribution in [3.8, 4) is 0 Å². The quantitative estimate of drug-likeness (QED) is 0.0612. The molecule has 0 fully saturated rings. The molecule has 0 amide bonds. The molecule has 41 heavy (non-hydrogen) atoms. The van der Waals surface area contributed by atoms with Crippen LogP contribution in [0.4, 0.5) is 5.69 Å². The monoisotopic (exact) mass is 573 g/mol. The maximum atomic E-state index is 12.5. The molecule has 0 aliphatic heterocycles. The van der Waals surface area contributed by atoms with Crippen molar-refractivity contribution in [1.29, 1.82) is 0 Å². The lowest BCUT2D eigenvalue weighted by Gasteiger charge is -2.09. The van der Waals surface area contributed by atoms with Gasteiger partial charge in [-0.2, -0.15) is 0 Å². The van der Waals surface area contributed by atoms with Gasteiger partial charge in [0.15, 0.2) is 0 Å². The zero-order valence-electron chi connectivity index (χ0n) is 26.8. The maximum absolute atomic E-state index is 12.5. The summed E-state index contributed by atoms with van der Waals surface area (Å²) in [5, 5.41) is 0. The largest absolute Gasteiger partial charge is 0.462 e. The fourth-order valence-corrected chi connectivity index (χ4v) is 5.27. The molecule has 0 bridgehead atoms. The zero-order valence-corrected chi connectivity index (χ0v) is 26.8. The number of anilines is 1. The molecule has 0 heterocycles. The Morgan fingerprint density at radius 2 is 0.732 bits per heavy atom. The van der Waals surface area contributed by atoms with Crippen molar-refractivity contribution in [2.75, 3.05) is 18.9 Å². The predicted octanol–water partition coefficient (Wildman–Crippen LogP) is 11.0. The van der Waals surface area contributed by atoms with Gasteiger partial charge in [0.25, 0.3) is 0 Å². The van der Waals surface area contributed by atoms with Crippen LogP contribution in [0.3, 0.4) is 0 Å². The standard InChI is InChI=1S/C36H63NO4/c1-3-5-7-9-11-13-15-17-19-21-23-25-27-40-35(38)32-29-33(31-34(37)30-32)36(39)41-28-26-24-22-20-18-16-14-12-10-8-6-4-2/h29-31H,3-28,37H2,1-2H3. The second-order valence-electron chi connectivity index (χ2n) is 11.9. The van der Waals surface area contributed by atoms with Crippen molar-refractivity contribution < 1.29 is 19.1 Å². The Bertz CT molecular complexity index is 719. The highest BCUT2D eigenvalue weighted by atomic mass is 16.5. The predicted molar refractivity (Wildman–Crippen MR) is 174 cm³/mol. The lowest BCUT2D eigenvalue weighted by molar-refractivity contribution is 0.0496. The van der Waals surface area contributed by atoms with Gasteiger partial charge in [0.1, 0.15) is 0 Å². The van der Waals surface area contributed by atoms with Crippen molar-refractivity contribution in [2.24, 2.45) is 0 Å². The number of esters is 2. The summed E-state index contributed by atoms with van der Waals surface area (Å²) >= 11 is 0. The van der Waals surface area contributed by atoms with E-state index in [9.17, 15) is 9.59 Å². The summed E-state index contributed by atoms with van der Waals surface area (Å²) in [7, 11) is 0. The summed E-state index contributed by atoms with van der Waals surface area (Å²) in [6.07, 6.45) is 30.4. The Kier molecular flexibility index (Phi) is 24.2. The lowest BCUT2D eigenvalue weighted by atomic mass is 10.1. The van der Waals surface area contributed by atoms with Crippen LogP contribution < -0.4 is 5.73 Å². The van der Waals surface area contributed by atoms with Crippen LogP contribution in [0.15, 0.2) is 18.2 Å². The molecule has 0 saturated heterocycles. The van der Waals surface area contributed by atoms with Gasteiger partial charge >= 0.3 is 11.9 Å². The zero-order chi connectivity index (χ0) is 29.8. The van der Waals surface area contributed by atoms with Crippen LogP contribution in [-0.2, 0) is 9.47 Å². The smallest absolute Gasteiger partial charge is 0.338 e. The van der Waals surface area contributed by atoms with E-state index < -0.39 is 11.9 Å². The van der Waals surface area contributed by atoms with E-state index in [0.717, 1.165) is 25.7 Å². The number of carbonyl (C=O) groups excluding carboxylic acids is 2. The number of nitrogen functional groups attached to an aromatic ring is 1. The third-order valence-electron chi connectivity index (χ3n) is 7.89. The van der Waals surface area contributed by atoms with E-state index in [2.05, 4.69) is 13.8 Å². The molecule has 0 unspecified atom stereocenters. The van der Waals surface area contributed by atoms with Crippen LogP contribution in [0.25, 0.3) is 0 Å². The summed E-state index contributed by atoms with van der Waals surface area (Å²) in [6, 6.07) is 4.66. The van der Waals surface area contributed by atoms with E-state index in [1.807, 2.05) is 0 Å². The van der Waals surface area contributed by atoms with E-state index in [0.29, 0.717) is 30.0 Å². The minimum absolute atomic E-state index is 0.307. The van der Waals surface area contributed by atoms with Gasteiger partial charge in [-0.05, 0) is 31.0 Å². The number of carbonyl (C=O) groups is 2. The molecule has 2 N–H and O–H groups in total. The molecule has 0 spiro atoms. The minimum Gasteiger partial charge on any atom is -0.462 e. The third-order valence-corrected chi connectivity index (χ3v) is 7.89. The van der Waals surface area contributed by atoms with Crippen LogP contribution in [-0.4, -0.2) is 25.2 Å². The molecule has 1 aromatic rings. The average Bonchev–Trinajstić information content (AvgIpc) is 2.97. The molecule has 0 saturated carbocycles. The van der Waals surface area contributed by atoms with Gasteiger partial charge in [0.2, 0.25) is 0 Å². The Hall–Kier alpha value is -2.04. The molecule has 1 aromatic carbocycles. The second kappa shape index (κ2) is 26.8. The fraction of sp³-hybridized carbons (Fsp3) is 0.778. The fourth-order valence-electron chi connectivity index (χ4n) is 5.27. The van der Waals surface area contributed by atoms with E-state index in [1.54, 1.807) is 12.1 Å². The van der Waals surface area contributed by atoms with Crippen molar-refractivity contribution in [3.05, 3.63) is 29.3 Å². The van der Waals surface area contributed by atoms with Gasteiger partial charge in [0.05, 0.1) is 24.3 Å². The number of unbranched alkanes of at least 4 members (excludes halogenated alkanes) is 22. The number of rotatable bonds is 28. The lowest BCUT2D eigenvalue weighted by Crippen LogP contribution is -2.11. The molecule has 0 aliphatic carbocycles. The van der Waals surface area contributed by atoms with Crippen LogP contribution >= 0.6 is 0 Å².